The molecule has 2 heterocycles. The summed E-state index contributed by atoms with van der Waals surface area (Å²) < 4.78 is 10.7. The van der Waals surface area contributed by atoms with Crippen molar-refractivity contribution in [1.82, 2.24) is 14.7 Å². The highest BCUT2D eigenvalue weighted by Gasteiger charge is 2.41. The van der Waals surface area contributed by atoms with Crippen LogP contribution in [0.1, 0.15) is 30.4 Å². The second kappa shape index (κ2) is 14.4. The molecule has 4 atom stereocenters. The fourth-order valence-electron chi connectivity index (χ4n) is 5.20. The van der Waals surface area contributed by atoms with Crippen molar-refractivity contribution in [2.75, 3.05) is 26.7 Å². The number of ether oxygens (including phenoxy) is 2. The molecule has 2 aliphatic rings. The molecule has 1 N–H and O–H groups in total. The second-order valence-electron chi connectivity index (χ2n) is 10.7. The number of hydrogen-bond acceptors (Lipinski definition) is 11. The Bertz CT molecular complexity index is 1380. The number of hydrogen-bond donors (Lipinski definition) is 2. The van der Waals surface area contributed by atoms with Gasteiger partial charge in [0.15, 0.2) is 0 Å². The Balaban J connectivity index is 1.24. The highest BCUT2D eigenvalue weighted by atomic mass is 32.1. The second-order valence-corrected chi connectivity index (χ2v) is 11.5. The van der Waals surface area contributed by atoms with Gasteiger partial charge in [-0.3, -0.25) is 25.0 Å². The Morgan fingerprint density at radius 3 is 2.07 bits per heavy atom. The standard InChI is InChI=1S/C28H33N5O10S/c1-29(27(36)42-16-18-2-6-20(7-3-18)32(38)39)22-10-11-30(14-22)26(35)13-25(34)24-12-23(44)15-31(24)28(37)43-17-19-4-8-21(9-5-19)33(40)41/h2-9,22-25,34,44H,10-17H2,1H3/t22-,23-,24-,25-/m0/s1. The molecular formula is C28H33N5O10S. The SMILES string of the molecule is CN(C(=O)OCc1ccc([N+](=O)[O-])cc1)[C@H]1CCN(C(=O)C[C@H](O)[C@@H]2C[C@H](S)CN2C(=O)OCc2ccc([N+](=O)[O-])cc2)C1. The van der Waals surface area contributed by atoms with Gasteiger partial charge >= 0.3 is 12.2 Å². The maximum absolute atomic E-state index is 13.1. The first-order chi connectivity index (χ1) is 20.9. The van der Waals surface area contributed by atoms with Crippen molar-refractivity contribution in [3.05, 3.63) is 79.9 Å². The van der Waals surface area contributed by atoms with Gasteiger partial charge in [0.25, 0.3) is 11.4 Å². The van der Waals surface area contributed by atoms with Gasteiger partial charge in [-0.05, 0) is 48.2 Å². The fraction of sp³-hybridized carbons (Fsp3) is 0.464. The van der Waals surface area contributed by atoms with Gasteiger partial charge in [-0.1, -0.05) is 0 Å². The number of aliphatic hydroxyl groups excluding tert-OH is 1. The number of thiol groups is 1. The third-order valence-corrected chi connectivity index (χ3v) is 8.13. The van der Waals surface area contributed by atoms with E-state index in [9.17, 15) is 39.7 Å². The summed E-state index contributed by atoms with van der Waals surface area (Å²) in [6.45, 7) is 0.650. The van der Waals surface area contributed by atoms with E-state index in [0.717, 1.165) is 0 Å². The van der Waals surface area contributed by atoms with Gasteiger partial charge in [-0.2, -0.15) is 12.6 Å². The van der Waals surface area contributed by atoms with Gasteiger partial charge in [-0.15, -0.1) is 0 Å². The Kier molecular flexibility index (Phi) is 10.6. The van der Waals surface area contributed by atoms with Crippen molar-refractivity contribution in [1.29, 1.82) is 0 Å². The van der Waals surface area contributed by atoms with Crippen molar-refractivity contribution in [3.63, 3.8) is 0 Å². The molecule has 0 saturated carbocycles. The van der Waals surface area contributed by atoms with Crippen LogP contribution in [0.15, 0.2) is 48.5 Å². The fourth-order valence-corrected chi connectivity index (χ4v) is 5.59. The predicted octanol–water partition coefficient (Wildman–Crippen LogP) is 3.13. The van der Waals surface area contributed by atoms with Crippen LogP contribution >= 0.6 is 12.6 Å². The lowest BCUT2D eigenvalue weighted by atomic mass is 10.0. The lowest BCUT2D eigenvalue weighted by molar-refractivity contribution is -0.385. The van der Waals surface area contributed by atoms with Gasteiger partial charge in [0.05, 0.1) is 34.5 Å². The van der Waals surface area contributed by atoms with Crippen LogP contribution in [0.5, 0.6) is 0 Å². The van der Waals surface area contributed by atoms with Crippen LogP contribution in [-0.4, -0.2) is 97.9 Å². The van der Waals surface area contributed by atoms with Gasteiger partial charge < -0.3 is 29.3 Å². The number of aliphatic hydroxyl groups is 1. The normalized spacial score (nSPS) is 20.2. The van der Waals surface area contributed by atoms with Crippen molar-refractivity contribution in [2.24, 2.45) is 0 Å². The first-order valence-electron chi connectivity index (χ1n) is 13.9. The molecule has 2 aliphatic heterocycles. The van der Waals surface area contributed by atoms with Crippen LogP contribution in [0, 0.1) is 20.2 Å². The quantitative estimate of drug-likeness (QED) is 0.224. The maximum atomic E-state index is 13.1. The molecule has 0 radical (unpaired) electrons. The summed E-state index contributed by atoms with van der Waals surface area (Å²) in [6, 6.07) is 10.3. The van der Waals surface area contributed by atoms with Crippen LogP contribution in [-0.2, 0) is 27.5 Å². The highest BCUT2D eigenvalue weighted by molar-refractivity contribution is 7.81. The summed E-state index contributed by atoms with van der Waals surface area (Å²) >= 11 is 4.46. The summed E-state index contributed by atoms with van der Waals surface area (Å²) in [6.07, 6.45) is -1.83. The minimum atomic E-state index is -1.17. The van der Waals surface area contributed by atoms with Crippen molar-refractivity contribution >= 4 is 42.1 Å². The molecule has 0 aromatic heterocycles. The first-order valence-corrected chi connectivity index (χ1v) is 14.4. The molecule has 4 rings (SSSR count). The number of benzene rings is 2. The molecule has 3 amide bonds. The molecule has 44 heavy (non-hydrogen) atoms. The number of amides is 3. The Hall–Kier alpha value is -4.44. The molecule has 2 saturated heterocycles. The monoisotopic (exact) mass is 631 g/mol. The van der Waals surface area contributed by atoms with E-state index in [2.05, 4.69) is 12.6 Å². The van der Waals surface area contributed by atoms with E-state index >= 15 is 0 Å². The molecule has 15 nitrogen and oxygen atoms in total. The zero-order chi connectivity index (χ0) is 32.0. The first kappa shape index (κ1) is 32.5. The number of non-ortho nitro benzene ring substituents is 2. The molecule has 2 fully saturated rings. The van der Waals surface area contributed by atoms with Crippen molar-refractivity contribution in [2.45, 2.75) is 55.9 Å². The van der Waals surface area contributed by atoms with E-state index in [-0.39, 0.29) is 61.3 Å². The third-order valence-electron chi connectivity index (χ3n) is 7.75. The third kappa shape index (κ3) is 8.13. The van der Waals surface area contributed by atoms with Crippen LogP contribution in [0.4, 0.5) is 21.0 Å². The summed E-state index contributed by atoms with van der Waals surface area (Å²) in [4.78, 5) is 63.4. The van der Waals surface area contributed by atoms with E-state index in [1.54, 1.807) is 11.9 Å². The summed E-state index contributed by atoms with van der Waals surface area (Å²) in [5, 5.41) is 32.4. The number of rotatable bonds is 10. The summed E-state index contributed by atoms with van der Waals surface area (Å²) in [5.74, 6) is -0.325. The number of nitrogens with zero attached hydrogens (tertiary/aromatic N) is 5. The zero-order valence-corrected chi connectivity index (χ0v) is 24.8. The molecule has 2 aromatic carbocycles. The molecule has 236 valence electrons. The number of nitro groups is 2. The number of likely N-dealkylation sites (tertiary alicyclic amines) is 2. The summed E-state index contributed by atoms with van der Waals surface area (Å²) in [5.41, 5.74) is 1.00. The molecule has 16 heteroatoms. The van der Waals surface area contributed by atoms with Gasteiger partial charge in [0.1, 0.15) is 13.2 Å². The Morgan fingerprint density at radius 1 is 0.977 bits per heavy atom. The molecule has 0 spiro atoms. The minimum Gasteiger partial charge on any atom is -0.445 e. The summed E-state index contributed by atoms with van der Waals surface area (Å²) in [7, 11) is 1.57. The van der Waals surface area contributed by atoms with Crippen LogP contribution in [0.3, 0.4) is 0 Å². The van der Waals surface area contributed by atoms with E-state index in [0.29, 0.717) is 30.5 Å². The lowest BCUT2D eigenvalue weighted by Gasteiger charge is -2.29. The molecule has 0 aliphatic carbocycles. The Labute approximate surface area is 258 Å². The van der Waals surface area contributed by atoms with Gasteiger partial charge in [0.2, 0.25) is 5.91 Å². The van der Waals surface area contributed by atoms with Gasteiger partial charge in [0, 0.05) is 56.2 Å². The number of nitro benzene ring substituents is 2. The average molecular weight is 632 g/mol. The van der Waals surface area contributed by atoms with Crippen LogP contribution < -0.4 is 0 Å². The zero-order valence-electron chi connectivity index (χ0n) is 23.9. The molecule has 0 unspecified atom stereocenters. The maximum Gasteiger partial charge on any atom is 0.410 e. The Morgan fingerprint density at radius 2 is 1.52 bits per heavy atom. The number of carbonyl (C=O) groups is 3. The molecular weight excluding hydrogens is 598 g/mol. The number of likely N-dealkylation sites (N-methyl/N-ethyl adjacent to an activating group) is 1. The van der Waals surface area contributed by atoms with Crippen LogP contribution in [0.2, 0.25) is 0 Å². The highest BCUT2D eigenvalue weighted by Crippen LogP contribution is 2.28. The van der Waals surface area contributed by atoms with E-state index in [4.69, 9.17) is 9.47 Å². The van der Waals surface area contributed by atoms with E-state index in [1.807, 2.05) is 0 Å². The van der Waals surface area contributed by atoms with E-state index in [1.165, 1.54) is 58.3 Å². The van der Waals surface area contributed by atoms with Crippen LogP contribution in [0.25, 0.3) is 0 Å². The minimum absolute atomic E-state index is 0.0660. The van der Waals surface area contributed by atoms with Crippen molar-refractivity contribution in [3.8, 4) is 0 Å². The number of carbonyl (C=O) groups excluding carboxylic acids is 3. The lowest BCUT2D eigenvalue weighted by Crippen LogP contribution is -2.45. The van der Waals surface area contributed by atoms with E-state index < -0.39 is 34.2 Å². The van der Waals surface area contributed by atoms with Gasteiger partial charge in [-0.25, -0.2) is 9.59 Å². The molecule has 2 aromatic rings. The average Bonchev–Trinajstić information content (AvgIpc) is 3.66. The predicted molar refractivity (Wildman–Crippen MR) is 158 cm³/mol. The smallest absolute Gasteiger partial charge is 0.410 e. The van der Waals surface area contributed by atoms with Crippen molar-refractivity contribution < 1.29 is 38.8 Å². The largest absolute Gasteiger partial charge is 0.445 e. The molecule has 0 bridgehead atoms. The topological polar surface area (TPSA) is 186 Å².